The number of hydrogen-bond acceptors (Lipinski definition) is 8. The van der Waals surface area contributed by atoms with E-state index >= 15 is 0 Å². The molecule has 3 fully saturated rings. The number of ether oxygens (including phenoxy) is 1. The summed E-state index contributed by atoms with van der Waals surface area (Å²) in [6.45, 7) is 17.4. The third-order valence-electron chi connectivity index (χ3n) is 10.5. The van der Waals surface area contributed by atoms with Crippen molar-refractivity contribution in [2.75, 3.05) is 25.4 Å². The minimum atomic E-state index is -3.59. The monoisotopic (exact) mass is 709 g/mol. The maximum atomic E-state index is 14.5. The summed E-state index contributed by atoms with van der Waals surface area (Å²) < 4.78 is 31.6. The van der Waals surface area contributed by atoms with E-state index in [9.17, 15) is 32.4 Å². The number of unbranched alkanes of at least 4 members (excludes halogenated alkanes) is 1. The van der Waals surface area contributed by atoms with E-state index in [0.717, 1.165) is 25.7 Å². The normalized spacial score (nSPS) is 25.7. The van der Waals surface area contributed by atoms with Crippen LogP contribution in [0.3, 0.4) is 0 Å². The van der Waals surface area contributed by atoms with Gasteiger partial charge in [0.1, 0.15) is 12.1 Å². The number of carbonyl (C=O) groups is 5. The topological polar surface area (TPSA) is 180 Å². The second-order valence-electron chi connectivity index (χ2n) is 15.9. The number of nitrogens with zero attached hydrogens (tertiary/aromatic N) is 1. The van der Waals surface area contributed by atoms with E-state index in [2.05, 4.69) is 27.8 Å². The zero-order valence-electron chi connectivity index (χ0n) is 30.5. The second-order valence-corrected chi connectivity index (χ2v) is 18.0. The van der Waals surface area contributed by atoms with Gasteiger partial charge in [0.25, 0.3) is 5.91 Å². The minimum absolute atomic E-state index is 0.00706. The molecule has 49 heavy (non-hydrogen) atoms. The van der Waals surface area contributed by atoms with E-state index in [1.54, 1.807) is 0 Å². The number of amides is 5. The molecule has 2 aliphatic heterocycles. The van der Waals surface area contributed by atoms with Crippen LogP contribution in [0.15, 0.2) is 12.7 Å². The number of urea groups is 1. The summed E-state index contributed by atoms with van der Waals surface area (Å²) in [4.78, 5) is 69.5. The van der Waals surface area contributed by atoms with Gasteiger partial charge < -0.3 is 30.9 Å². The van der Waals surface area contributed by atoms with Gasteiger partial charge in [-0.1, -0.05) is 86.6 Å². The van der Waals surface area contributed by atoms with Gasteiger partial charge in [-0.2, -0.15) is 0 Å². The number of rotatable bonds is 13. The van der Waals surface area contributed by atoms with E-state index in [0.29, 0.717) is 25.7 Å². The first-order chi connectivity index (χ1) is 22.8. The molecule has 4 N–H and O–H groups in total. The number of hydrogen-bond donors (Lipinski definition) is 4. The maximum absolute atomic E-state index is 14.5. The van der Waals surface area contributed by atoms with E-state index in [4.69, 9.17) is 4.74 Å². The molecule has 0 radical (unpaired) electrons. The van der Waals surface area contributed by atoms with E-state index in [1.165, 1.54) is 11.0 Å². The van der Waals surface area contributed by atoms with Gasteiger partial charge in [-0.3, -0.25) is 19.2 Å². The first-order valence-electron chi connectivity index (χ1n) is 17.8. The predicted molar refractivity (Wildman–Crippen MR) is 187 cm³/mol. The van der Waals surface area contributed by atoms with Crippen molar-refractivity contribution in [2.24, 2.45) is 16.7 Å². The molecule has 3 rings (SSSR count). The molecule has 1 unspecified atom stereocenters. The lowest BCUT2D eigenvalue weighted by molar-refractivity contribution is -0.151. The molecule has 1 saturated carbocycles. The fourth-order valence-electron chi connectivity index (χ4n) is 7.11. The number of ketones is 1. The molecule has 3 aliphatic rings. The second kappa shape index (κ2) is 16.3. The summed E-state index contributed by atoms with van der Waals surface area (Å²) >= 11 is 0. The van der Waals surface area contributed by atoms with Crippen LogP contribution in [0.5, 0.6) is 0 Å². The van der Waals surface area contributed by atoms with Crippen LogP contribution >= 0.6 is 0 Å². The molecule has 0 bridgehead atoms. The fourth-order valence-corrected chi connectivity index (χ4v) is 8.94. The third-order valence-corrected chi connectivity index (χ3v) is 12.5. The molecule has 13 nitrogen and oxygen atoms in total. The van der Waals surface area contributed by atoms with Crippen LogP contribution in [0.2, 0.25) is 0 Å². The number of nitrogens with one attached hydrogen (secondary N) is 4. The molecular weight excluding hydrogens is 650 g/mol. The van der Waals surface area contributed by atoms with Gasteiger partial charge in [0.2, 0.25) is 17.6 Å². The molecule has 14 heteroatoms. The molecule has 0 spiro atoms. The van der Waals surface area contributed by atoms with Gasteiger partial charge >= 0.3 is 6.03 Å². The van der Waals surface area contributed by atoms with Crippen molar-refractivity contribution in [3.8, 4) is 0 Å². The Labute approximate surface area is 292 Å². The highest BCUT2D eigenvalue weighted by Gasteiger charge is 2.52. The summed E-state index contributed by atoms with van der Waals surface area (Å²) in [7, 11) is -3.59. The molecule has 5 atom stereocenters. The molecule has 0 aromatic rings. The lowest BCUT2D eigenvalue weighted by Crippen LogP contribution is -2.67. The van der Waals surface area contributed by atoms with Crippen LogP contribution in [-0.2, 0) is 33.8 Å². The van der Waals surface area contributed by atoms with Crippen LogP contribution in [0.4, 0.5) is 4.79 Å². The van der Waals surface area contributed by atoms with E-state index in [-0.39, 0.29) is 43.2 Å². The summed E-state index contributed by atoms with van der Waals surface area (Å²) in [5.41, 5.74) is -3.42. The van der Waals surface area contributed by atoms with Crippen LogP contribution in [0, 0.1) is 16.7 Å². The molecule has 0 aromatic heterocycles. The fraction of sp³-hybridized carbons (Fsp3) is 0.800. The quantitative estimate of drug-likeness (QED) is 0.166. The Kier molecular flexibility index (Phi) is 13.5. The van der Waals surface area contributed by atoms with Gasteiger partial charge in [0.05, 0.1) is 23.9 Å². The maximum Gasteiger partial charge on any atom is 0.316 e. The van der Waals surface area contributed by atoms with Crippen molar-refractivity contribution in [2.45, 2.75) is 135 Å². The SMILES string of the molecule is C=CCNC(=O)C(=O)[C@H](CCCC)NC(=O)[C@@H]1CC(C)(C)C(C)CN1C(=O)[C@@H](NC(=O)NC1([C@@H]2OCCS2(=O)=O)CCCCC1)C(C)(C)C. The Hall–Kier alpha value is -3.00. The lowest BCUT2D eigenvalue weighted by Gasteiger charge is -2.49. The Bertz CT molecular complexity index is 1350. The van der Waals surface area contributed by atoms with Gasteiger partial charge in [0.15, 0.2) is 15.3 Å². The lowest BCUT2D eigenvalue weighted by atomic mass is 9.71. The van der Waals surface area contributed by atoms with Gasteiger partial charge in [-0.25, -0.2) is 13.2 Å². The molecular formula is C35H59N5O8S. The molecule has 0 aromatic carbocycles. The van der Waals surface area contributed by atoms with Crippen molar-refractivity contribution < 1.29 is 37.1 Å². The number of Topliss-reactive ketones (excluding diaryl/α,β-unsaturated/α-hetero) is 1. The van der Waals surface area contributed by atoms with Crippen molar-refractivity contribution in [3.63, 3.8) is 0 Å². The number of carbonyl (C=O) groups excluding carboxylic acids is 5. The Morgan fingerprint density at radius 2 is 1.71 bits per heavy atom. The highest BCUT2D eigenvalue weighted by atomic mass is 32.2. The van der Waals surface area contributed by atoms with Crippen LogP contribution in [0.1, 0.15) is 106 Å². The van der Waals surface area contributed by atoms with Crippen molar-refractivity contribution in [1.29, 1.82) is 0 Å². The first kappa shape index (κ1) is 40.4. The highest BCUT2D eigenvalue weighted by molar-refractivity contribution is 7.92. The van der Waals surface area contributed by atoms with Crippen LogP contribution in [-0.4, -0.2) is 97.4 Å². The van der Waals surface area contributed by atoms with E-state index < -0.39 is 73.9 Å². The summed E-state index contributed by atoms with van der Waals surface area (Å²) in [5, 5.41) is 11.1. The molecule has 2 saturated heterocycles. The minimum Gasteiger partial charge on any atom is -0.359 e. The predicted octanol–water partition coefficient (Wildman–Crippen LogP) is 2.98. The Balaban J connectivity index is 1.89. The summed E-state index contributed by atoms with van der Waals surface area (Å²) in [6, 6.07) is -3.80. The largest absolute Gasteiger partial charge is 0.359 e. The van der Waals surface area contributed by atoms with Crippen LogP contribution in [0.25, 0.3) is 0 Å². The van der Waals surface area contributed by atoms with Gasteiger partial charge in [0, 0.05) is 13.1 Å². The molecule has 2 heterocycles. The Morgan fingerprint density at radius 1 is 1.06 bits per heavy atom. The number of likely N-dealkylation sites (tertiary alicyclic amines) is 1. The van der Waals surface area contributed by atoms with Crippen molar-refractivity contribution in [3.05, 3.63) is 12.7 Å². The zero-order valence-corrected chi connectivity index (χ0v) is 31.3. The molecule has 1 aliphatic carbocycles. The third kappa shape index (κ3) is 9.83. The summed E-state index contributed by atoms with van der Waals surface area (Å²) in [5.74, 6) is -2.70. The zero-order chi connectivity index (χ0) is 36.8. The first-order valence-corrected chi connectivity index (χ1v) is 19.5. The number of sulfone groups is 1. The van der Waals surface area contributed by atoms with Gasteiger partial charge in [-0.15, -0.1) is 6.58 Å². The van der Waals surface area contributed by atoms with E-state index in [1.807, 2.05) is 48.5 Å². The smallest absolute Gasteiger partial charge is 0.316 e. The van der Waals surface area contributed by atoms with Gasteiger partial charge in [-0.05, 0) is 42.4 Å². The standard InChI is InChI=1S/C35H59N5O8S/c1-9-11-15-24(26(41)29(43)36-18-10-2)37-28(42)25-21-34(7,8)23(3)22-40(25)30(44)27(33(4,5)6)38-32(45)39-35(16-13-12-14-17-35)31-48-19-20-49(31,46)47/h10,23-25,27,31H,2,9,11-22H2,1,3-8H3,(H,36,43)(H,37,42)(H2,38,39,45)/t23?,24-,25-,27+,31+/m0/s1. The van der Waals surface area contributed by atoms with Crippen molar-refractivity contribution >= 4 is 39.4 Å². The number of piperidine rings is 1. The van der Waals surface area contributed by atoms with Crippen molar-refractivity contribution in [1.82, 2.24) is 26.2 Å². The average molecular weight is 710 g/mol. The Morgan fingerprint density at radius 3 is 2.27 bits per heavy atom. The highest BCUT2D eigenvalue weighted by Crippen LogP contribution is 2.40. The average Bonchev–Trinajstić information content (AvgIpc) is 3.40. The molecule has 5 amide bonds. The summed E-state index contributed by atoms with van der Waals surface area (Å²) in [6.07, 6.45) is 6.60. The van der Waals surface area contributed by atoms with Crippen LogP contribution < -0.4 is 21.3 Å². The molecule has 278 valence electrons.